The van der Waals surface area contributed by atoms with Gasteiger partial charge in [0.2, 0.25) is 0 Å². The third kappa shape index (κ3) is 4.24. The molecular formula is C20H27N3O2S. The van der Waals surface area contributed by atoms with Crippen LogP contribution in [-0.2, 0) is 11.3 Å². The van der Waals surface area contributed by atoms with Crippen LogP contribution in [0.4, 0.5) is 10.5 Å². The summed E-state index contributed by atoms with van der Waals surface area (Å²) in [5.41, 5.74) is 4.02. The summed E-state index contributed by atoms with van der Waals surface area (Å²) in [6.45, 7) is 9.39. The summed E-state index contributed by atoms with van der Waals surface area (Å²) >= 11 is 1.64. The number of aromatic nitrogens is 1. The second-order valence-corrected chi connectivity index (χ2v) is 8.08. The van der Waals surface area contributed by atoms with E-state index in [4.69, 9.17) is 4.74 Å². The number of hydrogen-bond acceptors (Lipinski definition) is 4. The highest BCUT2D eigenvalue weighted by Gasteiger charge is 2.31. The zero-order valence-electron chi connectivity index (χ0n) is 15.9. The van der Waals surface area contributed by atoms with Gasteiger partial charge >= 0.3 is 6.03 Å². The number of amides is 2. The standard InChI is InChI=1S/C20H27N3O2S/c1-13(2)25-11-16-7-5-8-17(14(16)3)22-20(24)23-10-6-9-19(23)18-12-26-15(4)21-18/h5,7-8,12-13,19H,6,9-11H2,1-4H3,(H,22,24)/t19-/m0/s1. The van der Waals surface area contributed by atoms with Crippen molar-refractivity contribution in [3.05, 3.63) is 45.4 Å². The van der Waals surface area contributed by atoms with Crippen LogP contribution in [0, 0.1) is 13.8 Å². The maximum atomic E-state index is 12.9. The Morgan fingerprint density at radius 3 is 2.92 bits per heavy atom. The van der Waals surface area contributed by atoms with Gasteiger partial charge in [-0.15, -0.1) is 11.3 Å². The molecule has 1 fully saturated rings. The second kappa shape index (κ2) is 8.18. The van der Waals surface area contributed by atoms with E-state index in [1.807, 2.05) is 50.8 Å². The summed E-state index contributed by atoms with van der Waals surface area (Å²) in [5, 5.41) is 6.21. The van der Waals surface area contributed by atoms with E-state index in [1.54, 1.807) is 11.3 Å². The topological polar surface area (TPSA) is 54.5 Å². The Labute approximate surface area is 159 Å². The Hall–Kier alpha value is -1.92. The van der Waals surface area contributed by atoms with E-state index in [-0.39, 0.29) is 18.2 Å². The molecule has 1 aliphatic heterocycles. The van der Waals surface area contributed by atoms with Crippen LogP contribution in [0.5, 0.6) is 0 Å². The predicted octanol–water partition coefficient (Wildman–Crippen LogP) is 5.05. The quantitative estimate of drug-likeness (QED) is 0.797. The Balaban J connectivity index is 1.72. The second-order valence-electron chi connectivity index (χ2n) is 7.02. The van der Waals surface area contributed by atoms with Crippen molar-refractivity contribution in [1.82, 2.24) is 9.88 Å². The zero-order valence-corrected chi connectivity index (χ0v) is 16.7. The lowest BCUT2D eigenvalue weighted by Crippen LogP contribution is -2.34. The highest BCUT2D eigenvalue weighted by molar-refractivity contribution is 7.09. The molecule has 1 aromatic carbocycles. The van der Waals surface area contributed by atoms with Gasteiger partial charge in [-0.05, 0) is 57.7 Å². The van der Waals surface area contributed by atoms with Crippen molar-refractivity contribution in [1.29, 1.82) is 0 Å². The SMILES string of the molecule is Cc1nc([C@@H]2CCCN2C(=O)Nc2cccc(COC(C)C)c2C)cs1. The Morgan fingerprint density at radius 2 is 2.23 bits per heavy atom. The molecule has 0 aliphatic carbocycles. The smallest absolute Gasteiger partial charge is 0.322 e. The van der Waals surface area contributed by atoms with Gasteiger partial charge in [0.05, 0.1) is 29.5 Å². The first-order valence-corrected chi connectivity index (χ1v) is 10.0. The van der Waals surface area contributed by atoms with E-state index in [1.165, 1.54) is 0 Å². The number of anilines is 1. The summed E-state index contributed by atoms with van der Waals surface area (Å²) in [5.74, 6) is 0. The number of ether oxygens (including phenoxy) is 1. The average Bonchev–Trinajstić information content (AvgIpc) is 3.24. The highest BCUT2D eigenvalue weighted by Crippen LogP contribution is 2.33. The van der Waals surface area contributed by atoms with Crippen molar-refractivity contribution in [2.45, 2.75) is 59.3 Å². The number of nitrogens with zero attached hydrogens (tertiary/aromatic N) is 2. The molecule has 1 aromatic heterocycles. The molecule has 0 saturated carbocycles. The highest BCUT2D eigenvalue weighted by atomic mass is 32.1. The van der Waals surface area contributed by atoms with Gasteiger partial charge in [-0.2, -0.15) is 0 Å². The van der Waals surface area contributed by atoms with Crippen LogP contribution in [0.25, 0.3) is 0 Å². The third-order valence-electron chi connectivity index (χ3n) is 4.75. The minimum Gasteiger partial charge on any atom is -0.374 e. The number of thiazole rings is 1. The van der Waals surface area contributed by atoms with E-state index < -0.39 is 0 Å². The number of benzene rings is 1. The lowest BCUT2D eigenvalue weighted by atomic mass is 10.1. The van der Waals surface area contributed by atoms with Gasteiger partial charge in [-0.25, -0.2) is 9.78 Å². The Kier molecular flexibility index (Phi) is 5.94. The van der Waals surface area contributed by atoms with Crippen molar-refractivity contribution >= 4 is 23.1 Å². The Morgan fingerprint density at radius 1 is 1.42 bits per heavy atom. The van der Waals surface area contributed by atoms with E-state index >= 15 is 0 Å². The number of hydrogen-bond donors (Lipinski definition) is 1. The number of rotatable bonds is 5. The van der Waals surface area contributed by atoms with Gasteiger partial charge in [-0.3, -0.25) is 0 Å². The fourth-order valence-electron chi connectivity index (χ4n) is 3.27. The third-order valence-corrected chi connectivity index (χ3v) is 5.54. The monoisotopic (exact) mass is 373 g/mol. The maximum absolute atomic E-state index is 12.9. The van der Waals surface area contributed by atoms with Crippen LogP contribution in [0.3, 0.4) is 0 Å². The molecule has 3 rings (SSSR count). The normalized spacial score (nSPS) is 17.1. The number of nitrogens with one attached hydrogen (secondary N) is 1. The number of carbonyl (C=O) groups excluding carboxylic acids is 1. The molecule has 1 saturated heterocycles. The molecule has 0 bridgehead atoms. The van der Waals surface area contributed by atoms with Crippen molar-refractivity contribution in [3.63, 3.8) is 0 Å². The van der Waals surface area contributed by atoms with Crippen molar-refractivity contribution in [3.8, 4) is 0 Å². The van der Waals surface area contributed by atoms with Gasteiger partial charge in [0.15, 0.2) is 0 Å². The maximum Gasteiger partial charge on any atom is 0.322 e. The molecule has 0 spiro atoms. The first-order chi connectivity index (χ1) is 12.5. The summed E-state index contributed by atoms with van der Waals surface area (Å²) in [4.78, 5) is 19.4. The molecule has 1 N–H and O–H groups in total. The number of likely N-dealkylation sites (tertiary alicyclic amines) is 1. The fraction of sp³-hybridized carbons (Fsp3) is 0.500. The molecule has 6 heteroatoms. The predicted molar refractivity (Wildman–Crippen MR) is 106 cm³/mol. The van der Waals surface area contributed by atoms with Gasteiger partial charge in [0, 0.05) is 17.6 Å². The lowest BCUT2D eigenvalue weighted by Gasteiger charge is -2.24. The van der Waals surface area contributed by atoms with E-state index in [0.29, 0.717) is 6.61 Å². The van der Waals surface area contributed by atoms with Gasteiger partial charge in [0.25, 0.3) is 0 Å². The first-order valence-electron chi connectivity index (χ1n) is 9.15. The average molecular weight is 374 g/mol. The van der Waals surface area contributed by atoms with Gasteiger partial charge in [-0.1, -0.05) is 12.1 Å². The Bertz CT molecular complexity index is 772. The molecular weight excluding hydrogens is 346 g/mol. The summed E-state index contributed by atoms with van der Waals surface area (Å²) < 4.78 is 5.72. The first kappa shape index (κ1) is 18.9. The van der Waals surface area contributed by atoms with E-state index in [9.17, 15) is 4.79 Å². The van der Waals surface area contributed by atoms with Crippen LogP contribution in [0.15, 0.2) is 23.6 Å². The van der Waals surface area contributed by atoms with Crippen LogP contribution in [-0.4, -0.2) is 28.6 Å². The van der Waals surface area contributed by atoms with Crippen LogP contribution < -0.4 is 5.32 Å². The molecule has 1 atom stereocenters. The largest absolute Gasteiger partial charge is 0.374 e. The van der Waals surface area contributed by atoms with Crippen LogP contribution in [0.2, 0.25) is 0 Å². The molecule has 0 unspecified atom stereocenters. The number of urea groups is 1. The number of carbonyl (C=O) groups is 1. The van der Waals surface area contributed by atoms with E-state index in [0.717, 1.165) is 46.9 Å². The van der Waals surface area contributed by atoms with Crippen molar-refractivity contribution in [2.24, 2.45) is 0 Å². The minimum absolute atomic E-state index is 0.0526. The lowest BCUT2D eigenvalue weighted by molar-refractivity contribution is 0.0654. The fourth-order valence-corrected chi connectivity index (χ4v) is 3.93. The number of aryl methyl sites for hydroxylation is 1. The summed E-state index contributed by atoms with van der Waals surface area (Å²) in [7, 11) is 0. The molecule has 5 nitrogen and oxygen atoms in total. The van der Waals surface area contributed by atoms with E-state index in [2.05, 4.69) is 15.7 Å². The minimum atomic E-state index is -0.0526. The molecule has 2 heterocycles. The molecule has 0 radical (unpaired) electrons. The van der Waals surface area contributed by atoms with Crippen molar-refractivity contribution < 1.29 is 9.53 Å². The molecule has 26 heavy (non-hydrogen) atoms. The van der Waals surface area contributed by atoms with Crippen molar-refractivity contribution in [2.75, 3.05) is 11.9 Å². The summed E-state index contributed by atoms with van der Waals surface area (Å²) in [6.07, 6.45) is 2.16. The zero-order chi connectivity index (χ0) is 18.7. The molecule has 2 amide bonds. The molecule has 1 aliphatic rings. The van der Waals surface area contributed by atoms with Crippen LogP contribution in [0.1, 0.15) is 54.6 Å². The molecule has 2 aromatic rings. The van der Waals surface area contributed by atoms with Crippen LogP contribution >= 0.6 is 11.3 Å². The molecule has 140 valence electrons. The van der Waals surface area contributed by atoms with Gasteiger partial charge < -0.3 is 15.0 Å². The van der Waals surface area contributed by atoms with Gasteiger partial charge in [0.1, 0.15) is 0 Å². The summed E-state index contributed by atoms with van der Waals surface area (Å²) in [6, 6.07) is 5.98.